The number of aromatic nitrogens is 1. The van der Waals surface area contributed by atoms with Crippen molar-refractivity contribution in [2.75, 3.05) is 19.0 Å². The summed E-state index contributed by atoms with van der Waals surface area (Å²) in [7, 11) is 3.82. The van der Waals surface area contributed by atoms with E-state index in [1.54, 1.807) is 42.5 Å². The van der Waals surface area contributed by atoms with Gasteiger partial charge in [-0.3, -0.25) is 9.59 Å². The summed E-state index contributed by atoms with van der Waals surface area (Å²) in [6, 6.07) is 15.9. The van der Waals surface area contributed by atoms with Crippen LogP contribution < -0.4 is 10.5 Å². The van der Waals surface area contributed by atoms with Gasteiger partial charge >= 0.3 is 0 Å². The lowest BCUT2D eigenvalue weighted by Crippen LogP contribution is -2.21. The van der Waals surface area contributed by atoms with Crippen molar-refractivity contribution in [3.8, 4) is 17.0 Å². The van der Waals surface area contributed by atoms with Crippen molar-refractivity contribution in [2.45, 2.75) is 12.5 Å². The molecule has 0 saturated carbocycles. The molecule has 7 heteroatoms. The van der Waals surface area contributed by atoms with Gasteiger partial charge in [0.15, 0.2) is 6.10 Å². The molecule has 2 N–H and O–H groups in total. The Morgan fingerprint density at radius 2 is 1.73 bits per heavy atom. The summed E-state index contributed by atoms with van der Waals surface area (Å²) in [6.45, 7) is 0.226. The minimum atomic E-state index is -1.11. The number of aromatic amines is 1. The fourth-order valence-corrected chi connectivity index (χ4v) is 3.34. The van der Waals surface area contributed by atoms with Crippen molar-refractivity contribution in [1.82, 2.24) is 4.98 Å². The van der Waals surface area contributed by atoms with Gasteiger partial charge in [0.25, 0.3) is 12.0 Å². The second kappa shape index (κ2) is 9.09. The Morgan fingerprint density at radius 3 is 2.30 bits per heavy atom. The molecule has 0 fully saturated rings. The molecule has 3 rings (SSSR count). The molecule has 1 heterocycles. The summed E-state index contributed by atoms with van der Waals surface area (Å²) in [5.41, 5.74) is 1.99. The van der Waals surface area contributed by atoms with Crippen LogP contribution in [0.3, 0.4) is 0 Å². The van der Waals surface area contributed by atoms with Crippen LogP contribution in [0.5, 0.6) is 5.75 Å². The normalized spacial score (nSPS) is 11.5. The van der Waals surface area contributed by atoms with E-state index in [0.29, 0.717) is 23.1 Å². The standard InChI is InChI=1S/C23H22N2O5/c1-25(2)17-10-8-15(9-11-17)20-18(12-13-26)21(28)19(23(29)24-20)22(30-14-27)16-6-4-3-5-7-16/h3-11,13-14,22H,12H2,1-2H3,(H2,24,28,29). The van der Waals surface area contributed by atoms with Crippen LogP contribution in [0.15, 0.2) is 59.4 Å². The number of carbonyl (C=O) groups is 2. The number of H-pyrrole nitrogens is 1. The Morgan fingerprint density at radius 1 is 1.07 bits per heavy atom. The Hall–Kier alpha value is -3.87. The summed E-state index contributed by atoms with van der Waals surface area (Å²) in [5, 5.41) is 11.0. The molecule has 1 atom stereocenters. The Kier molecular flexibility index (Phi) is 6.32. The SMILES string of the molecule is CN(C)c1ccc(-c2[nH]c(=O)c(C(OC=O)c3ccccc3)c(O)c2CC=O)cc1. The first-order chi connectivity index (χ1) is 14.5. The van der Waals surface area contributed by atoms with Crippen LogP contribution in [0.4, 0.5) is 5.69 Å². The Labute approximate surface area is 173 Å². The number of aldehydes is 1. The summed E-state index contributed by atoms with van der Waals surface area (Å²) in [6.07, 6.45) is -0.585. The monoisotopic (exact) mass is 406 g/mol. The molecule has 0 aliphatic heterocycles. The maximum atomic E-state index is 12.9. The number of rotatable bonds is 8. The maximum Gasteiger partial charge on any atom is 0.294 e. The number of ether oxygens (including phenoxy) is 1. The molecule has 0 spiro atoms. The fourth-order valence-electron chi connectivity index (χ4n) is 3.34. The van der Waals surface area contributed by atoms with E-state index >= 15 is 0 Å². The molecule has 7 nitrogen and oxygen atoms in total. The largest absolute Gasteiger partial charge is 0.507 e. The average Bonchev–Trinajstić information content (AvgIpc) is 2.75. The number of carbonyl (C=O) groups excluding carboxylic acids is 2. The molecule has 0 amide bonds. The number of hydrogen-bond acceptors (Lipinski definition) is 6. The second-order valence-electron chi connectivity index (χ2n) is 6.91. The number of nitrogens with one attached hydrogen (secondary N) is 1. The van der Waals surface area contributed by atoms with Crippen LogP contribution in [0.1, 0.15) is 22.8 Å². The zero-order valence-electron chi connectivity index (χ0n) is 16.7. The van der Waals surface area contributed by atoms with Crippen LogP contribution in [0.25, 0.3) is 11.3 Å². The van der Waals surface area contributed by atoms with E-state index < -0.39 is 11.7 Å². The van der Waals surface area contributed by atoms with Gasteiger partial charge < -0.3 is 24.5 Å². The van der Waals surface area contributed by atoms with Gasteiger partial charge in [-0.05, 0) is 23.3 Å². The van der Waals surface area contributed by atoms with Gasteiger partial charge in [0.1, 0.15) is 17.6 Å². The van der Waals surface area contributed by atoms with E-state index in [1.807, 2.05) is 31.1 Å². The predicted octanol–water partition coefficient (Wildman–Crippen LogP) is 2.82. The van der Waals surface area contributed by atoms with Crippen LogP contribution in [-0.2, 0) is 20.7 Å². The van der Waals surface area contributed by atoms with E-state index in [1.165, 1.54) is 0 Å². The van der Waals surface area contributed by atoms with Crippen LogP contribution >= 0.6 is 0 Å². The highest BCUT2D eigenvalue weighted by Crippen LogP contribution is 2.36. The van der Waals surface area contributed by atoms with Gasteiger partial charge in [-0.2, -0.15) is 0 Å². The minimum absolute atomic E-state index is 0.122. The van der Waals surface area contributed by atoms with Gasteiger partial charge in [-0.1, -0.05) is 42.5 Å². The average molecular weight is 406 g/mol. The third-order valence-corrected chi connectivity index (χ3v) is 4.84. The number of aromatic hydroxyl groups is 1. The highest BCUT2D eigenvalue weighted by Gasteiger charge is 2.27. The van der Waals surface area contributed by atoms with Crippen molar-refractivity contribution in [2.24, 2.45) is 0 Å². The number of anilines is 1. The van der Waals surface area contributed by atoms with Crippen molar-refractivity contribution >= 4 is 18.4 Å². The molecule has 30 heavy (non-hydrogen) atoms. The second-order valence-corrected chi connectivity index (χ2v) is 6.91. The van der Waals surface area contributed by atoms with E-state index in [2.05, 4.69) is 4.98 Å². The molecule has 0 radical (unpaired) electrons. The van der Waals surface area contributed by atoms with Crippen molar-refractivity contribution < 1.29 is 19.4 Å². The molecule has 154 valence electrons. The van der Waals surface area contributed by atoms with Crippen molar-refractivity contribution in [3.05, 3.63) is 81.6 Å². The molecule has 0 saturated heterocycles. The van der Waals surface area contributed by atoms with Crippen molar-refractivity contribution in [1.29, 1.82) is 0 Å². The molecule has 3 aromatic rings. The van der Waals surface area contributed by atoms with Gasteiger partial charge in [0.2, 0.25) is 0 Å². The number of pyridine rings is 1. The summed E-state index contributed by atoms with van der Waals surface area (Å²) >= 11 is 0. The fraction of sp³-hybridized carbons (Fsp3) is 0.174. The van der Waals surface area contributed by atoms with Crippen LogP contribution in [-0.4, -0.2) is 36.9 Å². The highest BCUT2D eigenvalue weighted by molar-refractivity contribution is 5.73. The molecule has 0 bridgehead atoms. The third-order valence-electron chi connectivity index (χ3n) is 4.84. The van der Waals surface area contributed by atoms with E-state index in [0.717, 1.165) is 5.69 Å². The first-order valence-corrected chi connectivity index (χ1v) is 9.31. The predicted molar refractivity (Wildman–Crippen MR) is 114 cm³/mol. The van der Waals surface area contributed by atoms with Gasteiger partial charge in [0, 0.05) is 31.8 Å². The summed E-state index contributed by atoms with van der Waals surface area (Å²) in [4.78, 5) is 40.1. The van der Waals surface area contributed by atoms with E-state index in [4.69, 9.17) is 4.74 Å². The smallest absolute Gasteiger partial charge is 0.294 e. The van der Waals surface area contributed by atoms with Crippen LogP contribution in [0.2, 0.25) is 0 Å². The number of nitrogens with zero attached hydrogens (tertiary/aromatic N) is 1. The number of hydrogen-bond donors (Lipinski definition) is 2. The van der Waals surface area contributed by atoms with E-state index in [-0.39, 0.29) is 29.8 Å². The first kappa shape index (κ1) is 20.9. The molecule has 1 unspecified atom stereocenters. The number of benzene rings is 2. The molecular formula is C23H22N2O5. The zero-order valence-corrected chi connectivity index (χ0v) is 16.7. The lowest BCUT2D eigenvalue weighted by molar-refractivity contribution is -0.132. The summed E-state index contributed by atoms with van der Waals surface area (Å²) in [5.74, 6) is -0.367. The molecule has 1 aromatic heterocycles. The lowest BCUT2D eigenvalue weighted by atomic mass is 9.95. The highest BCUT2D eigenvalue weighted by atomic mass is 16.5. The Bertz CT molecular complexity index is 1090. The Balaban J connectivity index is 2.20. The van der Waals surface area contributed by atoms with Crippen molar-refractivity contribution in [3.63, 3.8) is 0 Å². The first-order valence-electron chi connectivity index (χ1n) is 9.31. The topological polar surface area (TPSA) is 99.7 Å². The third kappa shape index (κ3) is 4.10. The maximum absolute atomic E-state index is 12.9. The minimum Gasteiger partial charge on any atom is -0.507 e. The quantitative estimate of drug-likeness (QED) is 0.558. The summed E-state index contributed by atoms with van der Waals surface area (Å²) < 4.78 is 5.14. The molecule has 2 aromatic carbocycles. The van der Waals surface area contributed by atoms with Crippen LogP contribution in [0, 0.1) is 0 Å². The van der Waals surface area contributed by atoms with Gasteiger partial charge in [-0.15, -0.1) is 0 Å². The van der Waals surface area contributed by atoms with Gasteiger partial charge in [0.05, 0.1) is 5.69 Å². The zero-order chi connectivity index (χ0) is 21.7. The molecular weight excluding hydrogens is 384 g/mol. The molecule has 0 aliphatic carbocycles. The van der Waals surface area contributed by atoms with E-state index in [9.17, 15) is 19.5 Å². The molecule has 0 aliphatic rings. The lowest BCUT2D eigenvalue weighted by Gasteiger charge is -2.20. The van der Waals surface area contributed by atoms with Gasteiger partial charge in [-0.25, -0.2) is 0 Å².